The van der Waals surface area contributed by atoms with Crippen molar-refractivity contribution in [1.29, 1.82) is 0 Å². The first-order valence-electron chi connectivity index (χ1n) is 5.56. The van der Waals surface area contributed by atoms with Crippen LogP contribution in [0.15, 0.2) is 12.4 Å². The molecule has 0 radical (unpaired) electrons. The van der Waals surface area contributed by atoms with Crippen molar-refractivity contribution in [1.82, 2.24) is 19.6 Å². The van der Waals surface area contributed by atoms with E-state index in [2.05, 4.69) is 52.6 Å². The van der Waals surface area contributed by atoms with E-state index >= 15 is 0 Å². The van der Waals surface area contributed by atoms with E-state index in [1.807, 2.05) is 12.4 Å². The molecule has 0 aromatic carbocycles. The molecular weight excluding hydrogens is 234 g/mol. The Morgan fingerprint density at radius 1 is 1.41 bits per heavy atom. The summed E-state index contributed by atoms with van der Waals surface area (Å²) in [7, 11) is 0. The molecule has 2 aromatic heterocycles. The number of aromatic nitrogens is 4. The third-order valence-corrected chi connectivity index (χ3v) is 3.10. The first-order chi connectivity index (χ1) is 7.97. The minimum Gasteiger partial charge on any atom is -0.354 e. The van der Waals surface area contributed by atoms with Gasteiger partial charge >= 0.3 is 0 Å². The number of hydrogen-bond acceptors (Lipinski definition) is 5. The molecule has 2 rings (SSSR count). The molecule has 0 aliphatic carbocycles. The lowest BCUT2D eigenvalue weighted by Gasteiger charge is -2.13. The molecule has 1 atom stereocenters. The highest BCUT2D eigenvalue weighted by atomic mass is 32.1. The SMILES string of the molecule is CC(Nc1nc(C(C)(C)C)ns1)c1cn[nH]c1. The van der Waals surface area contributed by atoms with Gasteiger partial charge in [0.05, 0.1) is 12.2 Å². The lowest BCUT2D eigenvalue weighted by molar-refractivity contribution is 0.555. The fourth-order valence-corrected chi connectivity index (χ4v) is 2.20. The van der Waals surface area contributed by atoms with E-state index < -0.39 is 0 Å². The summed E-state index contributed by atoms with van der Waals surface area (Å²) >= 11 is 1.40. The van der Waals surface area contributed by atoms with Gasteiger partial charge in [-0.15, -0.1) is 0 Å². The van der Waals surface area contributed by atoms with Gasteiger partial charge in [-0.3, -0.25) is 5.10 Å². The van der Waals surface area contributed by atoms with Crippen LogP contribution < -0.4 is 5.32 Å². The van der Waals surface area contributed by atoms with Crippen molar-refractivity contribution < 1.29 is 0 Å². The summed E-state index contributed by atoms with van der Waals surface area (Å²) in [6, 6.07) is 0.175. The van der Waals surface area contributed by atoms with Crippen molar-refractivity contribution in [3.05, 3.63) is 23.8 Å². The normalized spacial score (nSPS) is 13.6. The Labute approximate surface area is 105 Å². The van der Waals surface area contributed by atoms with Gasteiger partial charge in [-0.1, -0.05) is 20.8 Å². The van der Waals surface area contributed by atoms with Crippen LogP contribution in [-0.2, 0) is 5.41 Å². The van der Waals surface area contributed by atoms with Crippen LogP contribution in [-0.4, -0.2) is 19.6 Å². The zero-order valence-electron chi connectivity index (χ0n) is 10.5. The molecule has 17 heavy (non-hydrogen) atoms. The molecule has 2 heterocycles. The molecule has 0 aliphatic heterocycles. The summed E-state index contributed by atoms with van der Waals surface area (Å²) in [5.74, 6) is 0.879. The molecule has 0 aliphatic rings. The van der Waals surface area contributed by atoms with Gasteiger partial charge in [0, 0.05) is 28.7 Å². The van der Waals surface area contributed by atoms with Crippen LogP contribution in [0.25, 0.3) is 0 Å². The summed E-state index contributed by atoms with van der Waals surface area (Å²) in [6.45, 7) is 8.40. The lowest BCUT2D eigenvalue weighted by Crippen LogP contribution is -2.13. The fourth-order valence-electron chi connectivity index (χ4n) is 1.35. The van der Waals surface area contributed by atoms with Gasteiger partial charge in [-0.25, -0.2) is 4.98 Å². The molecule has 1 unspecified atom stereocenters. The van der Waals surface area contributed by atoms with Crippen LogP contribution in [0, 0.1) is 0 Å². The maximum absolute atomic E-state index is 4.50. The number of H-pyrrole nitrogens is 1. The molecule has 92 valence electrons. The fraction of sp³-hybridized carbons (Fsp3) is 0.545. The molecule has 0 spiro atoms. The standard InChI is InChI=1S/C11H17N5S/c1-7(8-5-12-13-6-8)14-10-15-9(16-17-10)11(2,3)4/h5-7H,1-4H3,(H,12,13)(H,14,15,16). The first-order valence-corrected chi connectivity index (χ1v) is 6.33. The van der Waals surface area contributed by atoms with Gasteiger partial charge in [-0.2, -0.15) is 9.47 Å². The van der Waals surface area contributed by atoms with Gasteiger partial charge in [0.1, 0.15) is 5.82 Å². The highest BCUT2D eigenvalue weighted by Crippen LogP contribution is 2.25. The zero-order chi connectivity index (χ0) is 12.5. The molecule has 2 N–H and O–H groups in total. The smallest absolute Gasteiger partial charge is 0.203 e. The number of aromatic amines is 1. The predicted octanol–water partition coefficient (Wildman–Crippen LogP) is 2.73. The Bertz CT molecular complexity index is 468. The number of nitrogens with one attached hydrogen (secondary N) is 2. The Hall–Kier alpha value is -1.43. The Kier molecular flexibility index (Phi) is 3.15. The first kappa shape index (κ1) is 12.0. The van der Waals surface area contributed by atoms with Crippen LogP contribution in [0.5, 0.6) is 0 Å². The Morgan fingerprint density at radius 2 is 2.18 bits per heavy atom. The number of nitrogens with zero attached hydrogens (tertiary/aromatic N) is 3. The van der Waals surface area contributed by atoms with Gasteiger partial charge in [-0.05, 0) is 6.92 Å². The number of rotatable bonds is 3. The maximum Gasteiger partial charge on any atom is 0.203 e. The molecule has 0 saturated carbocycles. The van der Waals surface area contributed by atoms with Crippen molar-refractivity contribution >= 4 is 16.7 Å². The third-order valence-electron chi connectivity index (χ3n) is 2.46. The largest absolute Gasteiger partial charge is 0.354 e. The molecule has 5 nitrogen and oxygen atoms in total. The van der Waals surface area contributed by atoms with Gasteiger partial charge in [0.2, 0.25) is 5.13 Å². The highest BCUT2D eigenvalue weighted by Gasteiger charge is 2.20. The van der Waals surface area contributed by atoms with E-state index in [-0.39, 0.29) is 11.5 Å². The van der Waals surface area contributed by atoms with Crippen molar-refractivity contribution in [3.8, 4) is 0 Å². The van der Waals surface area contributed by atoms with Crippen LogP contribution >= 0.6 is 11.5 Å². The topological polar surface area (TPSA) is 66.5 Å². The summed E-state index contributed by atoms with van der Waals surface area (Å²) in [5.41, 5.74) is 1.10. The summed E-state index contributed by atoms with van der Waals surface area (Å²) in [4.78, 5) is 4.50. The molecule has 6 heteroatoms. The molecule has 0 fully saturated rings. The van der Waals surface area contributed by atoms with E-state index in [1.165, 1.54) is 11.5 Å². The summed E-state index contributed by atoms with van der Waals surface area (Å²) in [5, 5.41) is 10.9. The molecule has 2 aromatic rings. The van der Waals surface area contributed by atoms with Gasteiger partial charge in [0.25, 0.3) is 0 Å². The van der Waals surface area contributed by atoms with Gasteiger partial charge < -0.3 is 5.32 Å². The van der Waals surface area contributed by atoms with Crippen molar-refractivity contribution in [2.45, 2.75) is 39.2 Å². The van der Waals surface area contributed by atoms with E-state index in [4.69, 9.17) is 0 Å². The Morgan fingerprint density at radius 3 is 2.71 bits per heavy atom. The van der Waals surface area contributed by atoms with Crippen LogP contribution in [0.3, 0.4) is 0 Å². The number of anilines is 1. The van der Waals surface area contributed by atoms with Crippen LogP contribution in [0.4, 0.5) is 5.13 Å². The predicted molar refractivity (Wildman–Crippen MR) is 69.2 cm³/mol. The van der Waals surface area contributed by atoms with E-state index in [0.29, 0.717) is 0 Å². The maximum atomic E-state index is 4.50. The number of hydrogen-bond donors (Lipinski definition) is 2. The molecule has 0 bridgehead atoms. The quantitative estimate of drug-likeness (QED) is 0.880. The van der Waals surface area contributed by atoms with E-state index in [1.54, 1.807) is 0 Å². The molecule has 0 amide bonds. The van der Waals surface area contributed by atoms with Gasteiger partial charge in [0.15, 0.2) is 0 Å². The van der Waals surface area contributed by atoms with Crippen molar-refractivity contribution in [2.24, 2.45) is 0 Å². The van der Waals surface area contributed by atoms with Crippen LogP contribution in [0.1, 0.15) is 45.1 Å². The average molecular weight is 251 g/mol. The van der Waals surface area contributed by atoms with E-state index in [0.717, 1.165) is 16.5 Å². The average Bonchev–Trinajstić information content (AvgIpc) is 2.85. The summed E-state index contributed by atoms with van der Waals surface area (Å²) < 4.78 is 4.37. The Balaban J connectivity index is 2.07. The second-order valence-electron chi connectivity index (χ2n) is 5.07. The minimum atomic E-state index is -0.00465. The zero-order valence-corrected chi connectivity index (χ0v) is 11.3. The highest BCUT2D eigenvalue weighted by molar-refractivity contribution is 7.09. The van der Waals surface area contributed by atoms with E-state index in [9.17, 15) is 0 Å². The second-order valence-corrected chi connectivity index (χ2v) is 5.82. The molecular formula is C11H17N5S. The lowest BCUT2D eigenvalue weighted by atomic mass is 9.96. The second kappa shape index (κ2) is 4.44. The molecule has 0 saturated heterocycles. The van der Waals surface area contributed by atoms with Crippen molar-refractivity contribution in [2.75, 3.05) is 5.32 Å². The third kappa shape index (κ3) is 2.82. The monoisotopic (exact) mass is 251 g/mol. The summed E-state index contributed by atoms with van der Waals surface area (Å²) in [6.07, 6.45) is 3.69. The van der Waals surface area contributed by atoms with Crippen molar-refractivity contribution in [3.63, 3.8) is 0 Å². The van der Waals surface area contributed by atoms with Crippen LogP contribution in [0.2, 0.25) is 0 Å². The minimum absolute atomic E-state index is 0.00465.